The average molecular weight is 317 g/mol. The van der Waals surface area contributed by atoms with E-state index in [-0.39, 0.29) is 11.9 Å². The molecule has 2 fully saturated rings. The molecule has 3 rings (SSSR count). The number of halogens is 2. The maximum absolute atomic E-state index is 6.14. The Balaban J connectivity index is 1.50. The van der Waals surface area contributed by atoms with Crippen LogP contribution in [0.2, 0.25) is 10.0 Å². The Hall–Kier alpha value is -0.320. The zero-order chi connectivity index (χ0) is 14.0. The molecule has 0 aromatic heterocycles. The molecule has 2 aliphatic rings. The second-order valence-electron chi connectivity index (χ2n) is 5.35. The molecule has 1 saturated carbocycles. The van der Waals surface area contributed by atoms with E-state index in [0.717, 1.165) is 31.2 Å². The normalized spacial score (nSPS) is 22.5. The summed E-state index contributed by atoms with van der Waals surface area (Å²) in [7, 11) is 0. The Kier molecular flexibility index (Phi) is 4.53. The molecule has 0 unspecified atom stereocenters. The van der Waals surface area contributed by atoms with Crippen molar-refractivity contribution in [1.82, 2.24) is 0 Å². The fourth-order valence-corrected chi connectivity index (χ4v) is 3.29. The average Bonchev–Trinajstić information content (AvgIpc) is 2.88. The summed E-state index contributed by atoms with van der Waals surface area (Å²) < 4.78 is 17.4. The number of hydrogen-bond acceptors (Lipinski definition) is 3. The van der Waals surface area contributed by atoms with Crippen molar-refractivity contribution >= 4 is 23.2 Å². The maximum Gasteiger partial charge on any atom is 0.168 e. The zero-order valence-electron chi connectivity index (χ0n) is 11.2. The fourth-order valence-electron chi connectivity index (χ4n) is 2.83. The number of ether oxygens (including phenoxy) is 3. The van der Waals surface area contributed by atoms with Gasteiger partial charge in [-0.25, -0.2) is 0 Å². The summed E-state index contributed by atoms with van der Waals surface area (Å²) >= 11 is 12.0. The van der Waals surface area contributed by atoms with Crippen LogP contribution in [-0.4, -0.2) is 25.1 Å². The molecule has 0 amide bonds. The molecule has 1 spiro atoms. The lowest BCUT2D eigenvalue weighted by Crippen LogP contribution is -2.37. The van der Waals surface area contributed by atoms with Gasteiger partial charge in [0.1, 0.15) is 0 Å². The van der Waals surface area contributed by atoms with E-state index in [4.69, 9.17) is 37.4 Å². The van der Waals surface area contributed by atoms with Gasteiger partial charge >= 0.3 is 0 Å². The van der Waals surface area contributed by atoms with E-state index in [0.29, 0.717) is 29.9 Å². The monoisotopic (exact) mass is 316 g/mol. The molecule has 110 valence electrons. The molecule has 0 radical (unpaired) electrons. The molecular weight excluding hydrogens is 299 g/mol. The van der Waals surface area contributed by atoms with E-state index in [1.807, 2.05) is 12.1 Å². The van der Waals surface area contributed by atoms with Gasteiger partial charge in [-0.15, -0.1) is 0 Å². The van der Waals surface area contributed by atoms with Crippen LogP contribution < -0.4 is 0 Å². The van der Waals surface area contributed by atoms with Crippen molar-refractivity contribution in [3.63, 3.8) is 0 Å². The van der Waals surface area contributed by atoms with E-state index in [1.54, 1.807) is 6.07 Å². The van der Waals surface area contributed by atoms with Crippen LogP contribution in [0.5, 0.6) is 0 Å². The molecule has 0 bridgehead atoms. The summed E-state index contributed by atoms with van der Waals surface area (Å²) in [5, 5.41) is 1.31. The van der Waals surface area contributed by atoms with Gasteiger partial charge in [0.15, 0.2) is 5.79 Å². The molecule has 0 N–H and O–H groups in total. The molecule has 1 heterocycles. The summed E-state index contributed by atoms with van der Waals surface area (Å²) in [5.41, 5.74) is 0.977. The zero-order valence-corrected chi connectivity index (χ0v) is 12.8. The Morgan fingerprint density at radius 3 is 2.50 bits per heavy atom. The van der Waals surface area contributed by atoms with Gasteiger partial charge in [-0.3, -0.25) is 0 Å². The molecule has 1 aromatic rings. The third-order valence-corrected chi connectivity index (χ3v) is 4.58. The summed E-state index contributed by atoms with van der Waals surface area (Å²) in [4.78, 5) is 0. The molecule has 1 saturated heterocycles. The lowest BCUT2D eigenvalue weighted by molar-refractivity contribution is -0.192. The Morgan fingerprint density at radius 2 is 1.85 bits per heavy atom. The molecule has 0 atom stereocenters. The van der Waals surface area contributed by atoms with E-state index in [2.05, 4.69) is 0 Å². The van der Waals surface area contributed by atoms with Crippen LogP contribution in [-0.2, 0) is 20.8 Å². The SMILES string of the molecule is Clc1ccc(COC2CCC3(CC2)OCCO3)c(Cl)c1. The van der Waals surface area contributed by atoms with Crippen molar-refractivity contribution < 1.29 is 14.2 Å². The third-order valence-electron chi connectivity index (χ3n) is 4.00. The van der Waals surface area contributed by atoms with Gasteiger partial charge in [-0.05, 0) is 30.5 Å². The predicted molar refractivity (Wildman–Crippen MR) is 78.1 cm³/mol. The minimum Gasteiger partial charge on any atom is -0.373 e. The molecular formula is C15H18Cl2O3. The first-order valence-corrected chi connectivity index (χ1v) is 7.76. The first kappa shape index (κ1) is 14.6. The van der Waals surface area contributed by atoms with Crippen molar-refractivity contribution in [2.24, 2.45) is 0 Å². The molecule has 1 aliphatic heterocycles. The molecule has 1 aromatic carbocycles. The quantitative estimate of drug-likeness (QED) is 0.836. The summed E-state index contributed by atoms with van der Waals surface area (Å²) in [6.07, 6.45) is 3.99. The van der Waals surface area contributed by atoms with E-state index < -0.39 is 0 Å². The van der Waals surface area contributed by atoms with Gasteiger partial charge < -0.3 is 14.2 Å². The highest BCUT2D eigenvalue weighted by Gasteiger charge is 2.40. The lowest BCUT2D eigenvalue weighted by Gasteiger charge is -2.35. The van der Waals surface area contributed by atoms with Crippen LogP contribution >= 0.6 is 23.2 Å². The standard InChI is InChI=1S/C15H18Cl2O3/c16-12-2-1-11(14(17)9-12)10-18-13-3-5-15(6-4-13)19-7-8-20-15/h1-2,9,13H,3-8,10H2. The van der Waals surface area contributed by atoms with E-state index in [9.17, 15) is 0 Å². The van der Waals surface area contributed by atoms with E-state index >= 15 is 0 Å². The Labute approximate surface area is 129 Å². The van der Waals surface area contributed by atoms with Gasteiger partial charge in [0.2, 0.25) is 0 Å². The number of benzene rings is 1. The third kappa shape index (κ3) is 3.29. The van der Waals surface area contributed by atoms with Crippen LogP contribution in [0.25, 0.3) is 0 Å². The van der Waals surface area contributed by atoms with Crippen LogP contribution in [0, 0.1) is 0 Å². The highest BCUT2D eigenvalue weighted by atomic mass is 35.5. The van der Waals surface area contributed by atoms with Crippen molar-refractivity contribution in [1.29, 1.82) is 0 Å². The van der Waals surface area contributed by atoms with Gasteiger partial charge in [-0.1, -0.05) is 29.3 Å². The van der Waals surface area contributed by atoms with Crippen molar-refractivity contribution in [2.75, 3.05) is 13.2 Å². The van der Waals surface area contributed by atoms with Crippen molar-refractivity contribution in [2.45, 2.75) is 44.2 Å². The number of hydrogen-bond donors (Lipinski definition) is 0. The maximum atomic E-state index is 6.14. The topological polar surface area (TPSA) is 27.7 Å². The first-order valence-electron chi connectivity index (χ1n) is 7.00. The minimum atomic E-state index is -0.322. The molecule has 3 nitrogen and oxygen atoms in total. The molecule has 1 aliphatic carbocycles. The molecule has 20 heavy (non-hydrogen) atoms. The summed E-state index contributed by atoms with van der Waals surface area (Å²) in [6, 6.07) is 5.50. The fraction of sp³-hybridized carbons (Fsp3) is 0.600. The second kappa shape index (κ2) is 6.20. The van der Waals surface area contributed by atoms with Crippen molar-refractivity contribution in [3.8, 4) is 0 Å². The van der Waals surface area contributed by atoms with Gasteiger partial charge in [0.25, 0.3) is 0 Å². The summed E-state index contributed by atoms with van der Waals surface area (Å²) in [6.45, 7) is 1.95. The highest BCUT2D eigenvalue weighted by molar-refractivity contribution is 6.35. The first-order chi connectivity index (χ1) is 9.67. The van der Waals surface area contributed by atoms with Crippen molar-refractivity contribution in [3.05, 3.63) is 33.8 Å². The van der Waals surface area contributed by atoms with Crippen LogP contribution in [0.1, 0.15) is 31.2 Å². The van der Waals surface area contributed by atoms with E-state index in [1.165, 1.54) is 0 Å². The highest BCUT2D eigenvalue weighted by Crippen LogP contribution is 2.37. The second-order valence-corrected chi connectivity index (χ2v) is 6.20. The minimum absolute atomic E-state index is 0.250. The Bertz CT molecular complexity index is 462. The van der Waals surface area contributed by atoms with Crippen LogP contribution in [0.4, 0.5) is 0 Å². The predicted octanol–water partition coefficient (Wildman–Crippen LogP) is 4.20. The number of rotatable bonds is 3. The van der Waals surface area contributed by atoms with Gasteiger partial charge in [0.05, 0.1) is 25.9 Å². The smallest absolute Gasteiger partial charge is 0.168 e. The van der Waals surface area contributed by atoms with Crippen LogP contribution in [0.3, 0.4) is 0 Å². The van der Waals surface area contributed by atoms with Gasteiger partial charge in [-0.2, -0.15) is 0 Å². The summed E-state index contributed by atoms with van der Waals surface area (Å²) in [5.74, 6) is -0.322. The Morgan fingerprint density at radius 1 is 1.15 bits per heavy atom. The largest absolute Gasteiger partial charge is 0.373 e. The van der Waals surface area contributed by atoms with Crippen LogP contribution in [0.15, 0.2) is 18.2 Å². The lowest BCUT2D eigenvalue weighted by atomic mass is 9.92. The molecule has 5 heteroatoms. The van der Waals surface area contributed by atoms with Gasteiger partial charge in [0, 0.05) is 22.9 Å².